The lowest BCUT2D eigenvalue weighted by Crippen LogP contribution is -2.06. The normalized spacial score (nSPS) is 17.4. The fourth-order valence-corrected chi connectivity index (χ4v) is 1.16. The van der Waals surface area contributed by atoms with E-state index in [0.29, 0.717) is 5.88 Å². The number of rotatable bonds is 3. The molecule has 0 radical (unpaired) electrons. The molecule has 1 aliphatic heterocycles. The van der Waals surface area contributed by atoms with Crippen LogP contribution in [-0.4, -0.2) is 25.4 Å². The molecule has 1 saturated heterocycles. The van der Waals surface area contributed by atoms with E-state index in [1.54, 1.807) is 0 Å². The molecule has 12 heavy (non-hydrogen) atoms. The van der Waals surface area contributed by atoms with Gasteiger partial charge in [-0.2, -0.15) is 0 Å². The van der Waals surface area contributed by atoms with Gasteiger partial charge in [0, 0.05) is 6.42 Å². The summed E-state index contributed by atoms with van der Waals surface area (Å²) in [6, 6.07) is 0. The summed E-state index contributed by atoms with van der Waals surface area (Å²) in [4.78, 5) is 0. The molecule has 0 aromatic heterocycles. The maximum absolute atomic E-state index is 5.38. The lowest BCUT2D eigenvalue weighted by atomic mass is 10.2. The monoisotopic (exact) mass is 188 g/mol. The van der Waals surface area contributed by atoms with Gasteiger partial charge in [0.2, 0.25) is 0 Å². The molecule has 1 aliphatic rings. The van der Waals surface area contributed by atoms with Gasteiger partial charge in [0.25, 0.3) is 0 Å². The molecule has 0 saturated carbocycles. The minimum atomic E-state index is 0.0165. The molecule has 0 aromatic carbocycles. The van der Waals surface area contributed by atoms with Crippen LogP contribution in [-0.2, 0) is 9.47 Å². The molecule has 1 rings (SSSR count). The second-order valence-electron chi connectivity index (χ2n) is 2.55. The van der Waals surface area contributed by atoms with Crippen molar-refractivity contribution >= 4 is 11.6 Å². The van der Waals surface area contributed by atoms with Gasteiger partial charge in [-0.1, -0.05) is 5.92 Å². The fourth-order valence-electron chi connectivity index (χ4n) is 1.07. The summed E-state index contributed by atoms with van der Waals surface area (Å²) in [5, 5.41) is 0. The van der Waals surface area contributed by atoms with E-state index >= 15 is 0 Å². The molecule has 1 fully saturated rings. The molecular weight excluding hydrogens is 176 g/mol. The van der Waals surface area contributed by atoms with E-state index in [2.05, 4.69) is 11.8 Å². The van der Waals surface area contributed by atoms with Crippen molar-refractivity contribution in [2.75, 3.05) is 19.1 Å². The number of unbranched alkanes of at least 4 members (excludes halogenated alkanes) is 1. The molecule has 0 spiro atoms. The fraction of sp³-hybridized carbons (Fsp3) is 0.778. The van der Waals surface area contributed by atoms with Crippen molar-refractivity contribution < 1.29 is 9.47 Å². The molecule has 2 nitrogen and oxygen atoms in total. The minimum Gasteiger partial charge on any atom is -0.350 e. The quantitative estimate of drug-likeness (QED) is 0.382. The van der Waals surface area contributed by atoms with Crippen LogP contribution in [0.2, 0.25) is 0 Å². The van der Waals surface area contributed by atoms with Gasteiger partial charge in [-0.25, -0.2) is 0 Å². The van der Waals surface area contributed by atoms with Crippen molar-refractivity contribution in [3.63, 3.8) is 0 Å². The molecule has 3 heteroatoms. The Morgan fingerprint density at radius 1 is 1.25 bits per heavy atom. The van der Waals surface area contributed by atoms with Gasteiger partial charge < -0.3 is 9.47 Å². The van der Waals surface area contributed by atoms with Gasteiger partial charge in [0.1, 0.15) is 0 Å². The maximum atomic E-state index is 5.38. The van der Waals surface area contributed by atoms with Crippen molar-refractivity contribution in [2.24, 2.45) is 0 Å². The van der Waals surface area contributed by atoms with E-state index in [1.807, 2.05) is 0 Å². The molecule has 0 bridgehead atoms. The third kappa shape index (κ3) is 3.96. The Morgan fingerprint density at radius 3 is 2.67 bits per heavy atom. The zero-order chi connectivity index (χ0) is 8.65. The molecule has 0 aliphatic carbocycles. The van der Waals surface area contributed by atoms with Crippen molar-refractivity contribution in [3.8, 4) is 11.8 Å². The Bertz CT molecular complexity index is 165. The summed E-state index contributed by atoms with van der Waals surface area (Å²) in [5.41, 5.74) is 0. The second-order valence-corrected chi connectivity index (χ2v) is 2.82. The molecule has 0 unspecified atom stereocenters. The van der Waals surface area contributed by atoms with Gasteiger partial charge >= 0.3 is 0 Å². The van der Waals surface area contributed by atoms with E-state index in [0.717, 1.165) is 32.5 Å². The largest absolute Gasteiger partial charge is 0.350 e. The number of hydrogen-bond acceptors (Lipinski definition) is 2. The summed E-state index contributed by atoms with van der Waals surface area (Å²) in [7, 11) is 0. The maximum Gasteiger partial charge on any atom is 0.157 e. The van der Waals surface area contributed by atoms with E-state index in [-0.39, 0.29) is 6.29 Å². The first kappa shape index (κ1) is 9.85. The van der Waals surface area contributed by atoms with Crippen LogP contribution < -0.4 is 0 Å². The highest BCUT2D eigenvalue weighted by Gasteiger charge is 2.14. The first-order valence-electron chi connectivity index (χ1n) is 4.18. The molecule has 0 amide bonds. The summed E-state index contributed by atoms with van der Waals surface area (Å²) >= 11 is 5.38. The Balaban J connectivity index is 1.94. The average Bonchev–Trinajstić information content (AvgIpc) is 2.57. The van der Waals surface area contributed by atoms with E-state index in [4.69, 9.17) is 21.1 Å². The van der Waals surface area contributed by atoms with E-state index < -0.39 is 0 Å². The summed E-state index contributed by atoms with van der Waals surface area (Å²) < 4.78 is 10.5. The number of alkyl halides is 1. The summed E-state index contributed by atoms with van der Waals surface area (Å²) in [6.07, 6.45) is 2.87. The molecule has 0 aromatic rings. The van der Waals surface area contributed by atoms with Crippen molar-refractivity contribution in [2.45, 2.75) is 25.6 Å². The summed E-state index contributed by atoms with van der Waals surface area (Å²) in [6.45, 7) is 1.47. The SMILES string of the molecule is ClCC#CCCCC1OCCO1. The topological polar surface area (TPSA) is 18.5 Å². The molecule has 1 heterocycles. The highest BCUT2D eigenvalue weighted by Crippen LogP contribution is 2.10. The smallest absolute Gasteiger partial charge is 0.157 e. The Labute approximate surface area is 78.2 Å². The van der Waals surface area contributed by atoms with Crippen LogP contribution in [0, 0.1) is 11.8 Å². The van der Waals surface area contributed by atoms with E-state index in [9.17, 15) is 0 Å². The Morgan fingerprint density at radius 2 is 2.00 bits per heavy atom. The number of halogens is 1. The highest BCUT2D eigenvalue weighted by atomic mass is 35.5. The molecule has 68 valence electrons. The van der Waals surface area contributed by atoms with Crippen LogP contribution in [0.5, 0.6) is 0 Å². The Kier molecular flexibility index (Phi) is 5.18. The second kappa shape index (κ2) is 6.30. The Hall–Kier alpha value is -0.230. The first-order valence-corrected chi connectivity index (χ1v) is 4.72. The van der Waals surface area contributed by atoms with Gasteiger partial charge in [-0.15, -0.1) is 17.5 Å². The molecule has 0 atom stereocenters. The van der Waals surface area contributed by atoms with Crippen LogP contribution in [0.15, 0.2) is 0 Å². The average molecular weight is 189 g/mol. The number of hydrogen-bond donors (Lipinski definition) is 0. The van der Waals surface area contributed by atoms with Crippen molar-refractivity contribution in [1.82, 2.24) is 0 Å². The predicted octanol–water partition coefficient (Wildman–Crippen LogP) is 1.77. The van der Waals surface area contributed by atoms with Crippen LogP contribution in [0.1, 0.15) is 19.3 Å². The van der Waals surface area contributed by atoms with Gasteiger partial charge in [0.05, 0.1) is 19.1 Å². The van der Waals surface area contributed by atoms with Gasteiger partial charge in [-0.3, -0.25) is 0 Å². The lowest BCUT2D eigenvalue weighted by molar-refractivity contribution is -0.0474. The van der Waals surface area contributed by atoms with Crippen molar-refractivity contribution in [1.29, 1.82) is 0 Å². The van der Waals surface area contributed by atoms with Crippen LogP contribution >= 0.6 is 11.6 Å². The first-order chi connectivity index (χ1) is 5.93. The number of ether oxygens (including phenoxy) is 2. The highest BCUT2D eigenvalue weighted by molar-refractivity contribution is 6.19. The van der Waals surface area contributed by atoms with Crippen LogP contribution in [0.4, 0.5) is 0 Å². The lowest BCUT2D eigenvalue weighted by Gasteiger charge is -2.05. The standard InChI is InChI=1S/C9H13ClO2/c10-6-4-2-1-3-5-9-11-7-8-12-9/h9H,1,3,5-8H2. The zero-order valence-corrected chi connectivity index (χ0v) is 7.77. The third-order valence-corrected chi connectivity index (χ3v) is 1.76. The molecule has 0 N–H and O–H groups in total. The predicted molar refractivity (Wildman–Crippen MR) is 48.0 cm³/mol. The van der Waals surface area contributed by atoms with Crippen LogP contribution in [0.3, 0.4) is 0 Å². The zero-order valence-electron chi connectivity index (χ0n) is 7.01. The van der Waals surface area contributed by atoms with Gasteiger partial charge in [-0.05, 0) is 12.8 Å². The van der Waals surface area contributed by atoms with Crippen molar-refractivity contribution in [3.05, 3.63) is 0 Å². The summed E-state index contributed by atoms with van der Waals surface area (Å²) in [5.74, 6) is 6.20. The molecular formula is C9H13ClO2. The van der Waals surface area contributed by atoms with E-state index in [1.165, 1.54) is 0 Å². The third-order valence-electron chi connectivity index (χ3n) is 1.62. The van der Waals surface area contributed by atoms with Crippen LogP contribution in [0.25, 0.3) is 0 Å². The minimum absolute atomic E-state index is 0.0165. The van der Waals surface area contributed by atoms with Gasteiger partial charge in [0.15, 0.2) is 6.29 Å².